The van der Waals surface area contributed by atoms with Crippen LogP contribution in [0.1, 0.15) is 23.1 Å². The fourth-order valence-corrected chi connectivity index (χ4v) is 3.73. The standard InChI is InChI=1S/C23H19F3N2O4S/c24-23(25,26)19-11-13-20(14-12-19)33(30,31)32-21-9-5-4-8-18(21)16-27-28-22(29)15-10-17-6-2-1-3-7-17/h1-9,11-14,16H,10,15H2,(H,28,29)/b27-16+. The van der Waals surface area contributed by atoms with Gasteiger partial charge >= 0.3 is 16.3 Å². The number of halogens is 3. The number of amides is 1. The van der Waals surface area contributed by atoms with Gasteiger partial charge in [0.1, 0.15) is 4.90 Å². The summed E-state index contributed by atoms with van der Waals surface area (Å²) >= 11 is 0. The summed E-state index contributed by atoms with van der Waals surface area (Å²) in [5.74, 6) is -0.425. The van der Waals surface area contributed by atoms with E-state index < -0.39 is 26.8 Å². The van der Waals surface area contributed by atoms with Gasteiger partial charge in [-0.25, -0.2) is 5.43 Å². The summed E-state index contributed by atoms with van der Waals surface area (Å²) in [6, 6.07) is 18.4. The largest absolute Gasteiger partial charge is 0.416 e. The van der Waals surface area contributed by atoms with Crippen LogP contribution in [0.25, 0.3) is 0 Å². The molecule has 172 valence electrons. The maximum atomic E-state index is 12.7. The van der Waals surface area contributed by atoms with Crippen molar-refractivity contribution in [3.05, 3.63) is 95.6 Å². The number of aryl methyl sites for hydroxylation is 1. The van der Waals surface area contributed by atoms with Gasteiger partial charge in [0.25, 0.3) is 0 Å². The molecule has 3 aromatic carbocycles. The van der Waals surface area contributed by atoms with E-state index in [-0.39, 0.29) is 23.6 Å². The minimum Gasteiger partial charge on any atom is -0.378 e. The number of benzene rings is 3. The van der Waals surface area contributed by atoms with Gasteiger partial charge < -0.3 is 4.18 Å². The highest BCUT2D eigenvalue weighted by Crippen LogP contribution is 2.30. The summed E-state index contributed by atoms with van der Waals surface area (Å²) in [5.41, 5.74) is 2.64. The molecule has 0 aromatic heterocycles. The molecule has 0 heterocycles. The van der Waals surface area contributed by atoms with Crippen molar-refractivity contribution >= 4 is 22.2 Å². The van der Waals surface area contributed by atoms with Crippen LogP contribution >= 0.6 is 0 Å². The molecule has 1 N–H and O–H groups in total. The van der Waals surface area contributed by atoms with E-state index in [2.05, 4.69) is 10.5 Å². The van der Waals surface area contributed by atoms with Gasteiger partial charge in [-0.2, -0.15) is 26.7 Å². The smallest absolute Gasteiger partial charge is 0.378 e. The van der Waals surface area contributed by atoms with E-state index >= 15 is 0 Å². The zero-order valence-electron chi connectivity index (χ0n) is 17.1. The molecule has 3 aromatic rings. The van der Waals surface area contributed by atoms with Crippen molar-refractivity contribution < 1.29 is 30.6 Å². The molecule has 0 atom stereocenters. The lowest BCUT2D eigenvalue weighted by Gasteiger charge is -2.11. The van der Waals surface area contributed by atoms with Crippen LogP contribution in [-0.2, 0) is 27.5 Å². The summed E-state index contributed by atoms with van der Waals surface area (Å²) < 4.78 is 68.2. The second-order valence-electron chi connectivity index (χ2n) is 6.88. The average Bonchev–Trinajstić information content (AvgIpc) is 2.79. The van der Waals surface area contributed by atoms with Gasteiger partial charge in [0.15, 0.2) is 5.75 Å². The first kappa shape index (κ1) is 24.0. The molecule has 33 heavy (non-hydrogen) atoms. The van der Waals surface area contributed by atoms with E-state index in [4.69, 9.17) is 4.18 Å². The number of alkyl halides is 3. The van der Waals surface area contributed by atoms with Crippen molar-refractivity contribution in [2.45, 2.75) is 23.9 Å². The maximum Gasteiger partial charge on any atom is 0.416 e. The number of rotatable bonds is 8. The molecule has 0 spiro atoms. The van der Waals surface area contributed by atoms with Crippen molar-refractivity contribution in [2.24, 2.45) is 5.10 Å². The number of carbonyl (C=O) groups excluding carboxylic acids is 1. The Balaban J connectivity index is 1.65. The molecular formula is C23H19F3N2O4S. The third kappa shape index (κ3) is 6.91. The number of para-hydroxylation sites is 1. The Kier molecular flexibility index (Phi) is 7.49. The number of nitrogens with one attached hydrogen (secondary N) is 1. The van der Waals surface area contributed by atoms with E-state index in [1.165, 1.54) is 24.4 Å². The molecule has 0 aliphatic carbocycles. The molecule has 3 rings (SSSR count). The van der Waals surface area contributed by atoms with Crippen LogP contribution in [0.5, 0.6) is 5.75 Å². The second kappa shape index (κ2) is 10.3. The highest BCUT2D eigenvalue weighted by Gasteiger charge is 2.31. The lowest BCUT2D eigenvalue weighted by Crippen LogP contribution is -2.18. The number of hydrogen-bond donors (Lipinski definition) is 1. The lowest BCUT2D eigenvalue weighted by molar-refractivity contribution is -0.137. The average molecular weight is 476 g/mol. The van der Waals surface area contributed by atoms with Gasteiger partial charge in [-0.3, -0.25) is 4.79 Å². The third-order valence-electron chi connectivity index (χ3n) is 4.47. The maximum absolute atomic E-state index is 12.7. The van der Waals surface area contributed by atoms with Gasteiger partial charge in [-0.15, -0.1) is 0 Å². The Labute approximate surface area is 188 Å². The van der Waals surface area contributed by atoms with Crippen LogP contribution in [-0.4, -0.2) is 20.5 Å². The molecule has 0 saturated heterocycles. The van der Waals surface area contributed by atoms with Crippen LogP contribution < -0.4 is 9.61 Å². The Morgan fingerprint density at radius 2 is 1.58 bits per heavy atom. The van der Waals surface area contributed by atoms with Crippen LogP contribution in [0.15, 0.2) is 88.9 Å². The monoisotopic (exact) mass is 476 g/mol. The van der Waals surface area contributed by atoms with Crippen molar-refractivity contribution in [2.75, 3.05) is 0 Å². The van der Waals surface area contributed by atoms with Gasteiger partial charge in [0.2, 0.25) is 5.91 Å². The molecule has 6 nitrogen and oxygen atoms in total. The zero-order valence-corrected chi connectivity index (χ0v) is 17.9. The topological polar surface area (TPSA) is 84.8 Å². The molecule has 0 unspecified atom stereocenters. The Bertz CT molecular complexity index is 1230. The second-order valence-corrected chi connectivity index (χ2v) is 8.42. The Hall–Kier alpha value is -3.66. The quantitative estimate of drug-likeness (QED) is 0.294. The van der Waals surface area contributed by atoms with Gasteiger partial charge in [-0.1, -0.05) is 42.5 Å². The summed E-state index contributed by atoms with van der Waals surface area (Å²) in [5, 5.41) is 3.83. The predicted octanol–water partition coefficient (Wildman–Crippen LogP) is 4.56. The Morgan fingerprint density at radius 1 is 0.939 bits per heavy atom. The zero-order chi connectivity index (χ0) is 23.9. The molecule has 0 bridgehead atoms. The van der Waals surface area contributed by atoms with E-state index in [1.54, 1.807) is 6.07 Å². The summed E-state index contributed by atoms with van der Waals surface area (Å²) in [7, 11) is -4.40. The summed E-state index contributed by atoms with van der Waals surface area (Å²) in [6.07, 6.45) is -2.62. The molecule has 1 amide bonds. The molecule has 0 saturated carbocycles. The molecule has 0 fully saturated rings. The van der Waals surface area contributed by atoms with E-state index in [1.807, 2.05) is 30.3 Å². The van der Waals surface area contributed by atoms with Crippen molar-refractivity contribution in [3.63, 3.8) is 0 Å². The lowest BCUT2D eigenvalue weighted by atomic mass is 10.1. The summed E-state index contributed by atoms with van der Waals surface area (Å²) in [4.78, 5) is 11.5. The highest BCUT2D eigenvalue weighted by atomic mass is 32.2. The van der Waals surface area contributed by atoms with E-state index in [9.17, 15) is 26.4 Å². The normalized spacial score (nSPS) is 12.0. The van der Waals surface area contributed by atoms with Crippen molar-refractivity contribution in [3.8, 4) is 5.75 Å². The van der Waals surface area contributed by atoms with E-state index in [0.717, 1.165) is 17.7 Å². The fourth-order valence-electron chi connectivity index (χ4n) is 2.77. The molecular weight excluding hydrogens is 457 g/mol. The van der Waals surface area contributed by atoms with Crippen LogP contribution in [0.2, 0.25) is 0 Å². The van der Waals surface area contributed by atoms with Crippen molar-refractivity contribution in [1.29, 1.82) is 0 Å². The minimum absolute atomic E-state index is 0.0975. The van der Waals surface area contributed by atoms with Gasteiger partial charge in [0.05, 0.1) is 11.8 Å². The first-order valence-corrected chi connectivity index (χ1v) is 11.1. The molecule has 0 aliphatic rings. The third-order valence-corrected chi connectivity index (χ3v) is 5.71. The van der Waals surface area contributed by atoms with Crippen LogP contribution in [0, 0.1) is 0 Å². The number of hydrazone groups is 1. The highest BCUT2D eigenvalue weighted by molar-refractivity contribution is 7.87. The fraction of sp³-hybridized carbons (Fsp3) is 0.130. The van der Waals surface area contributed by atoms with Gasteiger partial charge in [0, 0.05) is 12.0 Å². The van der Waals surface area contributed by atoms with Crippen LogP contribution in [0.3, 0.4) is 0 Å². The predicted molar refractivity (Wildman–Crippen MR) is 116 cm³/mol. The molecule has 0 aliphatic heterocycles. The van der Waals surface area contributed by atoms with Crippen LogP contribution in [0.4, 0.5) is 13.2 Å². The first-order chi connectivity index (χ1) is 15.6. The summed E-state index contributed by atoms with van der Waals surface area (Å²) in [6.45, 7) is 0. The number of carbonyl (C=O) groups is 1. The molecule has 10 heteroatoms. The SMILES string of the molecule is O=C(CCc1ccccc1)N/N=C/c1ccccc1OS(=O)(=O)c1ccc(C(F)(F)F)cc1. The number of nitrogens with zero attached hydrogens (tertiary/aromatic N) is 1. The minimum atomic E-state index is -4.59. The van der Waals surface area contributed by atoms with Gasteiger partial charge in [-0.05, 0) is 48.4 Å². The number of hydrogen-bond acceptors (Lipinski definition) is 5. The molecule has 0 radical (unpaired) electrons. The first-order valence-electron chi connectivity index (χ1n) is 9.72. The van der Waals surface area contributed by atoms with E-state index in [0.29, 0.717) is 18.6 Å². The van der Waals surface area contributed by atoms with Crippen molar-refractivity contribution in [1.82, 2.24) is 5.43 Å². The Morgan fingerprint density at radius 3 is 2.24 bits per heavy atom.